The zero-order valence-electron chi connectivity index (χ0n) is 12.9. The van der Waals surface area contributed by atoms with Crippen LogP contribution in [-0.4, -0.2) is 20.7 Å². The van der Waals surface area contributed by atoms with Crippen molar-refractivity contribution in [3.05, 3.63) is 91.0 Å². The van der Waals surface area contributed by atoms with Crippen LogP contribution in [0, 0.1) is 0 Å². The second kappa shape index (κ2) is 7.64. The van der Waals surface area contributed by atoms with E-state index < -0.39 is 8.32 Å². The Bertz CT molecular complexity index is 620. The van der Waals surface area contributed by atoms with Gasteiger partial charge in [-0.05, 0) is 15.6 Å². The van der Waals surface area contributed by atoms with Gasteiger partial charge in [-0.15, -0.1) is 0 Å². The Morgan fingerprint density at radius 2 is 0.957 bits per heavy atom. The Hall–Kier alpha value is -1.81. The summed E-state index contributed by atoms with van der Waals surface area (Å²) in [5.74, 6) is 0.710. The Morgan fingerprint density at radius 1 is 0.609 bits per heavy atom. The standard InChI is InChI=1S/C20H20OSSi/c22-17-16-21-23(18-10-4-1-5-11-18,19-12-6-2-7-13-19)20-14-8-3-9-15-20/h1-15,22H,16-17H2. The zero-order valence-corrected chi connectivity index (χ0v) is 14.8. The summed E-state index contributed by atoms with van der Waals surface area (Å²) in [5, 5.41) is 3.79. The Balaban J connectivity index is 2.25. The van der Waals surface area contributed by atoms with Gasteiger partial charge < -0.3 is 4.43 Å². The first-order chi connectivity index (χ1) is 11.4. The molecule has 0 aliphatic carbocycles. The van der Waals surface area contributed by atoms with Gasteiger partial charge in [0, 0.05) is 12.4 Å². The number of hydrogen-bond donors (Lipinski definition) is 1. The molecule has 1 nitrogen and oxygen atoms in total. The third kappa shape index (κ3) is 3.27. The van der Waals surface area contributed by atoms with E-state index in [0.717, 1.165) is 0 Å². The molecule has 0 aliphatic rings. The zero-order chi connectivity index (χ0) is 16.0. The van der Waals surface area contributed by atoms with Crippen LogP contribution in [0.1, 0.15) is 0 Å². The predicted octanol–water partition coefficient (Wildman–Crippen LogP) is 2.60. The molecule has 0 atom stereocenters. The van der Waals surface area contributed by atoms with Gasteiger partial charge in [0.05, 0.1) is 0 Å². The van der Waals surface area contributed by atoms with E-state index in [9.17, 15) is 0 Å². The maximum atomic E-state index is 6.60. The lowest BCUT2D eigenvalue weighted by Crippen LogP contribution is -2.69. The van der Waals surface area contributed by atoms with Crippen LogP contribution in [0.4, 0.5) is 0 Å². The van der Waals surface area contributed by atoms with Crippen molar-refractivity contribution < 1.29 is 4.43 Å². The fourth-order valence-electron chi connectivity index (χ4n) is 2.97. The summed E-state index contributed by atoms with van der Waals surface area (Å²) in [5.41, 5.74) is 0. The summed E-state index contributed by atoms with van der Waals surface area (Å²) < 4.78 is 6.60. The molecule has 0 N–H and O–H groups in total. The van der Waals surface area contributed by atoms with Crippen LogP contribution in [0.5, 0.6) is 0 Å². The highest BCUT2D eigenvalue weighted by atomic mass is 32.1. The van der Waals surface area contributed by atoms with E-state index >= 15 is 0 Å². The van der Waals surface area contributed by atoms with Crippen LogP contribution in [-0.2, 0) is 4.43 Å². The number of benzene rings is 3. The lowest BCUT2D eigenvalue weighted by atomic mass is 10.3. The van der Waals surface area contributed by atoms with E-state index in [1.165, 1.54) is 15.6 Å². The van der Waals surface area contributed by atoms with Crippen molar-refractivity contribution in [3.63, 3.8) is 0 Å². The molecule has 23 heavy (non-hydrogen) atoms. The predicted molar refractivity (Wildman–Crippen MR) is 104 cm³/mol. The molecular weight excluding hydrogens is 316 g/mol. The summed E-state index contributed by atoms with van der Waals surface area (Å²) in [7, 11) is -2.49. The average molecular weight is 337 g/mol. The van der Waals surface area contributed by atoms with Gasteiger partial charge >= 0.3 is 0 Å². The van der Waals surface area contributed by atoms with E-state index in [-0.39, 0.29) is 0 Å². The Labute approximate surface area is 144 Å². The van der Waals surface area contributed by atoms with E-state index in [1.807, 2.05) is 0 Å². The van der Waals surface area contributed by atoms with Crippen molar-refractivity contribution in [1.82, 2.24) is 0 Å². The SMILES string of the molecule is SCCO[Si](c1ccccc1)(c1ccccc1)c1ccccc1. The molecule has 0 fully saturated rings. The highest BCUT2D eigenvalue weighted by molar-refractivity contribution is 7.80. The van der Waals surface area contributed by atoms with E-state index in [2.05, 4.69) is 104 Å². The third-order valence-electron chi connectivity index (χ3n) is 3.95. The topological polar surface area (TPSA) is 9.23 Å². The van der Waals surface area contributed by atoms with Crippen molar-refractivity contribution in [2.45, 2.75) is 0 Å². The third-order valence-corrected chi connectivity index (χ3v) is 8.21. The Morgan fingerprint density at radius 3 is 1.26 bits per heavy atom. The molecule has 0 amide bonds. The molecule has 0 bridgehead atoms. The first-order valence-electron chi connectivity index (χ1n) is 7.79. The highest BCUT2D eigenvalue weighted by Crippen LogP contribution is 2.09. The number of hydrogen-bond acceptors (Lipinski definition) is 2. The molecule has 0 saturated carbocycles. The quantitative estimate of drug-likeness (QED) is 0.414. The second-order valence-electron chi connectivity index (χ2n) is 5.35. The molecule has 0 heterocycles. The summed E-state index contributed by atoms with van der Waals surface area (Å²) >= 11 is 4.37. The average Bonchev–Trinajstić information content (AvgIpc) is 2.65. The van der Waals surface area contributed by atoms with Gasteiger partial charge in [-0.2, -0.15) is 12.6 Å². The minimum Gasteiger partial charge on any atom is -0.403 e. The van der Waals surface area contributed by atoms with Crippen LogP contribution in [0.3, 0.4) is 0 Å². The first kappa shape index (κ1) is 16.1. The number of rotatable bonds is 6. The van der Waals surface area contributed by atoms with Crippen molar-refractivity contribution in [1.29, 1.82) is 0 Å². The molecule has 0 spiro atoms. The van der Waals surface area contributed by atoms with Crippen LogP contribution < -0.4 is 15.6 Å². The van der Waals surface area contributed by atoms with Gasteiger partial charge in [0.2, 0.25) is 0 Å². The molecule has 0 radical (unpaired) electrons. The number of thiol groups is 1. The molecule has 0 unspecified atom stereocenters. The second-order valence-corrected chi connectivity index (χ2v) is 9.18. The van der Waals surface area contributed by atoms with Crippen molar-refractivity contribution in [3.8, 4) is 0 Å². The Kier molecular flexibility index (Phi) is 5.33. The maximum absolute atomic E-state index is 6.60. The van der Waals surface area contributed by atoms with Gasteiger partial charge in [-0.25, -0.2) is 0 Å². The molecule has 116 valence electrons. The highest BCUT2D eigenvalue weighted by Gasteiger charge is 2.41. The molecule has 3 aromatic rings. The van der Waals surface area contributed by atoms with Crippen LogP contribution in [0.2, 0.25) is 0 Å². The summed E-state index contributed by atoms with van der Waals surface area (Å²) in [4.78, 5) is 0. The molecular formula is C20H20OSSi. The van der Waals surface area contributed by atoms with Gasteiger partial charge in [0.25, 0.3) is 8.32 Å². The summed E-state index contributed by atoms with van der Waals surface area (Å²) in [6.07, 6.45) is 0. The van der Waals surface area contributed by atoms with Crippen LogP contribution in [0.15, 0.2) is 91.0 Å². The van der Waals surface area contributed by atoms with Crippen LogP contribution in [0.25, 0.3) is 0 Å². The molecule has 3 aromatic carbocycles. The molecule has 0 aliphatic heterocycles. The monoisotopic (exact) mass is 336 g/mol. The van der Waals surface area contributed by atoms with Gasteiger partial charge in [0.1, 0.15) is 0 Å². The lowest BCUT2D eigenvalue weighted by molar-refractivity contribution is 0.352. The molecule has 3 rings (SSSR count). The molecule has 0 aromatic heterocycles. The first-order valence-corrected chi connectivity index (χ1v) is 10.3. The van der Waals surface area contributed by atoms with E-state index in [1.54, 1.807) is 0 Å². The van der Waals surface area contributed by atoms with Crippen molar-refractivity contribution >= 4 is 36.5 Å². The maximum Gasteiger partial charge on any atom is 0.288 e. The van der Waals surface area contributed by atoms with Crippen LogP contribution >= 0.6 is 12.6 Å². The van der Waals surface area contributed by atoms with E-state index in [0.29, 0.717) is 12.4 Å². The van der Waals surface area contributed by atoms with Crippen molar-refractivity contribution in [2.24, 2.45) is 0 Å². The smallest absolute Gasteiger partial charge is 0.288 e. The fourth-order valence-corrected chi connectivity index (χ4v) is 7.12. The van der Waals surface area contributed by atoms with E-state index in [4.69, 9.17) is 4.43 Å². The van der Waals surface area contributed by atoms with Gasteiger partial charge in [0.15, 0.2) is 0 Å². The largest absolute Gasteiger partial charge is 0.403 e. The summed E-state index contributed by atoms with van der Waals surface area (Å²) in [6.45, 7) is 0.633. The van der Waals surface area contributed by atoms with Gasteiger partial charge in [-0.3, -0.25) is 0 Å². The molecule has 0 saturated heterocycles. The van der Waals surface area contributed by atoms with Crippen molar-refractivity contribution in [2.75, 3.05) is 12.4 Å². The normalized spacial score (nSPS) is 11.3. The fraction of sp³-hybridized carbons (Fsp3) is 0.100. The summed E-state index contributed by atoms with van der Waals surface area (Å²) in [6, 6.07) is 31.8. The molecule has 3 heteroatoms. The minimum absolute atomic E-state index is 0.633. The lowest BCUT2D eigenvalue weighted by Gasteiger charge is -2.32. The van der Waals surface area contributed by atoms with Gasteiger partial charge in [-0.1, -0.05) is 91.0 Å². The minimum atomic E-state index is -2.49.